The summed E-state index contributed by atoms with van der Waals surface area (Å²) < 4.78 is 0.931. The molecule has 3 fully saturated rings. The summed E-state index contributed by atoms with van der Waals surface area (Å²) in [6.45, 7) is 3.79. The van der Waals surface area contributed by atoms with Crippen LogP contribution in [0, 0.1) is 49.4 Å². The fraction of sp³-hybridized carbons (Fsp3) is 0.370. The molecule has 0 aromatic heterocycles. The third-order valence-electron chi connectivity index (χ3n) is 8.37. The second-order valence-electron chi connectivity index (χ2n) is 9.93. The van der Waals surface area contributed by atoms with Gasteiger partial charge in [0, 0.05) is 10.2 Å². The predicted molar refractivity (Wildman–Crippen MR) is 133 cm³/mol. The van der Waals surface area contributed by atoms with E-state index in [-0.39, 0.29) is 48.1 Å². The van der Waals surface area contributed by atoms with E-state index < -0.39 is 0 Å². The lowest BCUT2D eigenvalue weighted by molar-refractivity contribution is -0.140. The summed E-state index contributed by atoms with van der Waals surface area (Å²) in [6.07, 6.45) is 5.43. The highest BCUT2D eigenvalue weighted by Gasteiger charge is 2.67. The predicted octanol–water partition coefficient (Wildman–Crippen LogP) is 5.38. The smallest absolute Gasteiger partial charge is 0.261 e. The Kier molecular flexibility index (Phi) is 5.05. The molecular formula is C27H24BrClN2O3. The molecule has 1 aliphatic heterocycles. The lowest BCUT2D eigenvalue weighted by atomic mass is 9.63. The second kappa shape index (κ2) is 7.79. The van der Waals surface area contributed by atoms with E-state index in [1.54, 1.807) is 24.3 Å². The lowest BCUT2D eigenvalue weighted by Gasteiger charge is -2.37. The molecule has 5 aliphatic rings. The number of carbonyl (C=O) groups excluding carboxylic acids is 3. The third kappa shape index (κ3) is 3.07. The van der Waals surface area contributed by atoms with Crippen LogP contribution in [0.1, 0.15) is 27.9 Å². The average molecular weight is 540 g/mol. The van der Waals surface area contributed by atoms with Crippen molar-refractivity contribution in [1.82, 2.24) is 4.90 Å². The van der Waals surface area contributed by atoms with E-state index in [4.69, 9.17) is 11.6 Å². The van der Waals surface area contributed by atoms with Crippen LogP contribution in [0.3, 0.4) is 0 Å². The highest BCUT2D eigenvalue weighted by atomic mass is 79.9. The SMILES string of the molecule is Cc1c(Br)ccc(N(CN2C(=O)C3C4C=CC(C5CC45)C3C2=O)C(=O)c2ccccc2Cl)c1C. The highest BCUT2D eigenvalue weighted by Crippen LogP contribution is 2.65. The molecule has 34 heavy (non-hydrogen) atoms. The van der Waals surface area contributed by atoms with Crippen LogP contribution in [-0.4, -0.2) is 29.3 Å². The van der Waals surface area contributed by atoms with Gasteiger partial charge in [0.25, 0.3) is 5.91 Å². The summed E-state index contributed by atoms with van der Waals surface area (Å²) in [5.41, 5.74) is 2.88. The lowest BCUT2D eigenvalue weighted by Crippen LogP contribution is -2.45. The van der Waals surface area contributed by atoms with Crippen LogP contribution in [-0.2, 0) is 9.59 Å². The molecule has 1 heterocycles. The zero-order valence-electron chi connectivity index (χ0n) is 18.9. The third-order valence-corrected chi connectivity index (χ3v) is 9.56. The van der Waals surface area contributed by atoms with E-state index in [0.29, 0.717) is 28.1 Å². The zero-order valence-corrected chi connectivity index (χ0v) is 21.2. The molecule has 5 nitrogen and oxygen atoms in total. The van der Waals surface area contributed by atoms with Gasteiger partial charge in [-0.3, -0.25) is 24.2 Å². The van der Waals surface area contributed by atoms with Crippen molar-refractivity contribution >= 4 is 50.9 Å². The van der Waals surface area contributed by atoms with Crippen molar-refractivity contribution in [3.8, 4) is 0 Å². The molecule has 2 aromatic carbocycles. The van der Waals surface area contributed by atoms with E-state index >= 15 is 0 Å². The summed E-state index contributed by atoms with van der Waals surface area (Å²) >= 11 is 9.93. The van der Waals surface area contributed by atoms with Crippen molar-refractivity contribution < 1.29 is 14.4 Å². The van der Waals surface area contributed by atoms with Gasteiger partial charge >= 0.3 is 0 Å². The molecule has 0 radical (unpaired) electrons. The first-order chi connectivity index (χ1) is 16.3. The molecular weight excluding hydrogens is 516 g/mol. The van der Waals surface area contributed by atoms with Gasteiger partial charge in [0.1, 0.15) is 6.67 Å². The standard InChI is InChI=1S/C27H24BrClN2O3/c1-13-14(2)22(10-9-20(13)28)30(25(32)17-5-3-4-6-21(17)29)12-31-26(33)23-15-7-8-16(19-11-18(15)19)24(23)27(31)34/h3-10,15-16,18-19,23-24H,11-12H2,1-2H3. The monoisotopic (exact) mass is 538 g/mol. The summed E-state index contributed by atoms with van der Waals surface area (Å²) in [4.78, 5) is 43.8. The first-order valence-electron chi connectivity index (χ1n) is 11.6. The Balaban J connectivity index is 1.39. The number of amides is 3. The number of imide groups is 1. The molecule has 6 unspecified atom stereocenters. The number of likely N-dealkylation sites (tertiary alicyclic amines) is 1. The van der Waals surface area contributed by atoms with Crippen molar-refractivity contribution in [2.75, 3.05) is 11.6 Å². The molecule has 0 spiro atoms. The molecule has 2 saturated carbocycles. The first kappa shape index (κ1) is 22.1. The summed E-state index contributed by atoms with van der Waals surface area (Å²) in [6, 6.07) is 10.6. The average Bonchev–Trinajstić information content (AvgIpc) is 3.61. The van der Waals surface area contributed by atoms with Gasteiger partial charge in [0.2, 0.25) is 11.8 Å². The molecule has 7 heteroatoms. The molecule has 2 bridgehead atoms. The summed E-state index contributed by atoms with van der Waals surface area (Å²) in [5.74, 6) is 0.126. The van der Waals surface area contributed by atoms with Crippen LogP contribution >= 0.6 is 27.5 Å². The molecule has 3 amide bonds. The Morgan fingerprint density at radius 1 is 1.00 bits per heavy atom. The molecule has 174 valence electrons. The van der Waals surface area contributed by atoms with E-state index in [9.17, 15) is 14.4 Å². The van der Waals surface area contributed by atoms with Crippen LogP contribution in [0.15, 0.2) is 53.0 Å². The van der Waals surface area contributed by atoms with E-state index in [2.05, 4.69) is 28.1 Å². The number of anilines is 1. The number of carbonyl (C=O) groups is 3. The Bertz CT molecular complexity index is 1250. The van der Waals surface area contributed by atoms with Gasteiger partial charge in [0.05, 0.1) is 22.4 Å². The fourth-order valence-corrected chi connectivity index (χ4v) is 7.04. The first-order valence-corrected chi connectivity index (χ1v) is 12.8. The van der Waals surface area contributed by atoms with Crippen molar-refractivity contribution in [3.63, 3.8) is 0 Å². The maximum absolute atomic E-state index is 13.8. The number of nitrogens with zero attached hydrogens (tertiary/aromatic N) is 2. The van der Waals surface area contributed by atoms with Crippen LogP contribution in [0.2, 0.25) is 5.02 Å². The number of halogens is 2. The van der Waals surface area contributed by atoms with Gasteiger partial charge < -0.3 is 0 Å². The second-order valence-corrected chi connectivity index (χ2v) is 11.2. The van der Waals surface area contributed by atoms with Gasteiger partial charge in [-0.05, 0) is 79.3 Å². The number of benzene rings is 2. The Morgan fingerprint density at radius 2 is 1.62 bits per heavy atom. The zero-order chi connectivity index (χ0) is 23.9. The Morgan fingerprint density at radius 3 is 2.24 bits per heavy atom. The maximum atomic E-state index is 13.8. The Hall–Kier alpha value is -2.44. The minimum absolute atomic E-state index is 0.120. The normalized spacial score (nSPS) is 30.4. The molecule has 7 rings (SSSR count). The number of hydrogen-bond acceptors (Lipinski definition) is 3. The van der Waals surface area contributed by atoms with Crippen molar-refractivity contribution in [2.45, 2.75) is 20.3 Å². The quantitative estimate of drug-likeness (QED) is 0.387. The highest BCUT2D eigenvalue weighted by molar-refractivity contribution is 9.10. The van der Waals surface area contributed by atoms with Gasteiger partial charge in [-0.25, -0.2) is 0 Å². The van der Waals surface area contributed by atoms with Crippen LogP contribution in [0.5, 0.6) is 0 Å². The number of rotatable bonds is 4. The molecule has 4 aliphatic carbocycles. The van der Waals surface area contributed by atoms with Crippen molar-refractivity contribution in [2.24, 2.45) is 35.5 Å². The van der Waals surface area contributed by atoms with Gasteiger partial charge in [-0.1, -0.05) is 51.8 Å². The van der Waals surface area contributed by atoms with Gasteiger partial charge in [0.15, 0.2) is 0 Å². The van der Waals surface area contributed by atoms with Crippen molar-refractivity contribution in [3.05, 3.63) is 74.7 Å². The Labute approximate surface area is 211 Å². The fourth-order valence-electron chi connectivity index (χ4n) is 6.40. The number of hydrogen-bond donors (Lipinski definition) is 0. The molecule has 1 saturated heterocycles. The maximum Gasteiger partial charge on any atom is 0.261 e. The molecule has 2 aromatic rings. The minimum atomic E-state index is -0.338. The molecule has 0 N–H and O–H groups in total. The molecule has 6 atom stereocenters. The summed E-state index contributed by atoms with van der Waals surface area (Å²) in [7, 11) is 0. The van der Waals surface area contributed by atoms with Gasteiger partial charge in [-0.15, -0.1) is 0 Å². The topological polar surface area (TPSA) is 57.7 Å². The largest absolute Gasteiger partial charge is 0.289 e. The summed E-state index contributed by atoms with van der Waals surface area (Å²) in [5, 5.41) is 0.332. The van der Waals surface area contributed by atoms with Gasteiger partial charge in [-0.2, -0.15) is 0 Å². The minimum Gasteiger partial charge on any atom is -0.289 e. The van der Waals surface area contributed by atoms with Crippen molar-refractivity contribution in [1.29, 1.82) is 0 Å². The number of allylic oxidation sites excluding steroid dienone is 2. The van der Waals surface area contributed by atoms with Crippen LogP contribution in [0.25, 0.3) is 0 Å². The van der Waals surface area contributed by atoms with E-state index in [1.165, 1.54) is 9.80 Å². The van der Waals surface area contributed by atoms with Crippen LogP contribution in [0.4, 0.5) is 5.69 Å². The van der Waals surface area contributed by atoms with E-state index in [0.717, 1.165) is 22.0 Å². The van der Waals surface area contributed by atoms with E-state index in [1.807, 2.05) is 26.0 Å². The van der Waals surface area contributed by atoms with Crippen LogP contribution < -0.4 is 4.90 Å².